The molecule has 116 valence electrons. The smallest absolute Gasteiger partial charge is 0.129 e. The van der Waals surface area contributed by atoms with Crippen LogP contribution in [0.25, 0.3) is 0 Å². The molecule has 3 heteroatoms. The van der Waals surface area contributed by atoms with Gasteiger partial charge in [-0.15, -0.1) is 0 Å². The maximum atomic E-state index is 4.90. The summed E-state index contributed by atoms with van der Waals surface area (Å²) < 4.78 is 0. The molecular formula is C18H29N3. The van der Waals surface area contributed by atoms with E-state index in [-0.39, 0.29) is 0 Å². The van der Waals surface area contributed by atoms with Crippen molar-refractivity contribution >= 4 is 5.82 Å². The number of piperidine rings is 1. The van der Waals surface area contributed by atoms with Crippen LogP contribution in [0.2, 0.25) is 0 Å². The second-order valence-electron chi connectivity index (χ2n) is 7.28. The summed E-state index contributed by atoms with van der Waals surface area (Å²) in [5.74, 6) is 2.66. The average Bonchev–Trinajstić information content (AvgIpc) is 3.25. The van der Waals surface area contributed by atoms with E-state index in [1.165, 1.54) is 30.5 Å². The van der Waals surface area contributed by atoms with Crippen LogP contribution in [-0.4, -0.2) is 23.6 Å². The van der Waals surface area contributed by atoms with Crippen molar-refractivity contribution < 1.29 is 0 Å². The van der Waals surface area contributed by atoms with E-state index in [0.717, 1.165) is 36.8 Å². The molecule has 2 fully saturated rings. The van der Waals surface area contributed by atoms with Gasteiger partial charge in [0.05, 0.1) is 0 Å². The highest BCUT2D eigenvalue weighted by Crippen LogP contribution is 2.30. The zero-order chi connectivity index (χ0) is 15.0. The molecule has 2 aliphatic rings. The van der Waals surface area contributed by atoms with Gasteiger partial charge in [0.1, 0.15) is 5.82 Å². The molecule has 1 aliphatic heterocycles. The summed E-state index contributed by atoms with van der Waals surface area (Å²) in [4.78, 5) is 7.40. The number of pyridine rings is 1. The highest BCUT2D eigenvalue weighted by Gasteiger charge is 2.29. The predicted molar refractivity (Wildman–Crippen MR) is 88.6 cm³/mol. The standard InChI is InChI=1S/C18H29N3/c1-12-9-13(2)15(4)21(11-12)18-8-5-16(14(3)20-18)10-19-17-6-7-17/h5,8,12-13,15,17,19H,6-7,9-11H2,1-4H3. The third-order valence-corrected chi connectivity index (χ3v) is 5.23. The Morgan fingerprint density at radius 3 is 2.67 bits per heavy atom. The van der Waals surface area contributed by atoms with E-state index in [2.05, 4.69) is 50.0 Å². The minimum atomic E-state index is 0.587. The van der Waals surface area contributed by atoms with Crippen molar-refractivity contribution in [2.45, 2.75) is 65.6 Å². The topological polar surface area (TPSA) is 28.2 Å². The number of aromatic nitrogens is 1. The normalized spacial score (nSPS) is 29.7. The van der Waals surface area contributed by atoms with Crippen LogP contribution in [0.3, 0.4) is 0 Å². The number of hydrogen-bond donors (Lipinski definition) is 1. The molecule has 1 saturated carbocycles. The molecule has 0 aromatic carbocycles. The minimum absolute atomic E-state index is 0.587. The fourth-order valence-electron chi connectivity index (χ4n) is 3.48. The van der Waals surface area contributed by atoms with Crippen molar-refractivity contribution in [3.05, 3.63) is 23.4 Å². The molecule has 1 aliphatic carbocycles. The molecule has 1 saturated heterocycles. The molecule has 3 rings (SSSR count). The van der Waals surface area contributed by atoms with E-state index in [0.29, 0.717) is 6.04 Å². The quantitative estimate of drug-likeness (QED) is 0.918. The van der Waals surface area contributed by atoms with Gasteiger partial charge in [0.15, 0.2) is 0 Å². The van der Waals surface area contributed by atoms with Crippen LogP contribution in [0.1, 0.15) is 51.3 Å². The molecule has 2 heterocycles. The summed E-state index contributed by atoms with van der Waals surface area (Å²) in [6.45, 7) is 11.3. The van der Waals surface area contributed by atoms with Crippen LogP contribution in [0, 0.1) is 18.8 Å². The lowest BCUT2D eigenvalue weighted by Crippen LogP contribution is -2.46. The summed E-state index contributed by atoms with van der Waals surface area (Å²) in [7, 11) is 0. The van der Waals surface area contributed by atoms with Gasteiger partial charge in [-0.3, -0.25) is 0 Å². The predicted octanol–water partition coefficient (Wildman–Crippen LogP) is 3.51. The maximum absolute atomic E-state index is 4.90. The highest BCUT2D eigenvalue weighted by molar-refractivity contribution is 5.43. The average molecular weight is 287 g/mol. The van der Waals surface area contributed by atoms with Gasteiger partial charge in [0, 0.05) is 30.9 Å². The van der Waals surface area contributed by atoms with Gasteiger partial charge in [-0.25, -0.2) is 4.98 Å². The van der Waals surface area contributed by atoms with Crippen molar-refractivity contribution in [1.82, 2.24) is 10.3 Å². The summed E-state index contributed by atoms with van der Waals surface area (Å²) in [5.41, 5.74) is 2.52. The van der Waals surface area contributed by atoms with Gasteiger partial charge in [-0.1, -0.05) is 19.9 Å². The van der Waals surface area contributed by atoms with Crippen LogP contribution < -0.4 is 10.2 Å². The molecule has 0 radical (unpaired) electrons. The molecule has 21 heavy (non-hydrogen) atoms. The van der Waals surface area contributed by atoms with Gasteiger partial charge < -0.3 is 10.2 Å². The third-order valence-electron chi connectivity index (χ3n) is 5.23. The molecule has 1 aromatic heterocycles. The van der Waals surface area contributed by atoms with E-state index in [1.807, 2.05) is 0 Å². The lowest BCUT2D eigenvalue weighted by atomic mass is 9.86. The van der Waals surface area contributed by atoms with Gasteiger partial charge in [-0.2, -0.15) is 0 Å². The van der Waals surface area contributed by atoms with Crippen molar-refractivity contribution in [2.24, 2.45) is 11.8 Å². The molecule has 3 atom stereocenters. The Balaban J connectivity index is 1.73. The van der Waals surface area contributed by atoms with Crippen LogP contribution in [0.15, 0.2) is 12.1 Å². The highest BCUT2D eigenvalue weighted by atomic mass is 15.2. The molecule has 3 unspecified atom stereocenters. The largest absolute Gasteiger partial charge is 0.353 e. The Hall–Kier alpha value is -1.09. The molecular weight excluding hydrogens is 258 g/mol. The second kappa shape index (κ2) is 5.96. The maximum Gasteiger partial charge on any atom is 0.129 e. The Kier molecular flexibility index (Phi) is 4.21. The minimum Gasteiger partial charge on any atom is -0.353 e. The first kappa shape index (κ1) is 14.8. The van der Waals surface area contributed by atoms with Crippen molar-refractivity contribution in [1.29, 1.82) is 0 Å². The molecule has 0 amide bonds. The Morgan fingerprint density at radius 2 is 2.00 bits per heavy atom. The summed E-state index contributed by atoms with van der Waals surface area (Å²) in [6.07, 6.45) is 4.01. The number of nitrogens with one attached hydrogen (secondary N) is 1. The van der Waals surface area contributed by atoms with Crippen LogP contribution in [0.5, 0.6) is 0 Å². The first-order valence-corrected chi connectivity index (χ1v) is 8.51. The van der Waals surface area contributed by atoms with E-state index < -0.39 is 0 Å². The fourth-order valence-corrected chi connectivity index (χ4v) is 3.48. The van der Waals surface area contributed by atoms with Gasteiger partial charge in [0.2, 0.25) is 0 Å². The second-order valence-corrected chi connectivity index (χ2v) is 7.28. The number of nitrogens with zero attached hydrogens (tertiary/aromatic N) is 2. The van der Waals surface area contributed by atoms with Crippen molar-refractivity contribution in [3.8, 4) is 0 Å². The van der Waals surface area contributed by atoms with Gasteiger partial charge in [0.25, 0.3) is 0 Å². The lowest BCUT2D eigenvalue weighted by molar-refractivity contribution is 0.295. The first-order chi connectivity index (χ1) is 10.0. The lowest BCUT2D eigenvalue weighted by Gasteiger charge is -2.42. The van der Waals surface area contributed by atoms with Crippen LogP contribution in [0.4, 0.5) is 5.82 Å². The van der Waals surface area contributed by atoms with Crippen LogP contribution in [-0.2, 0) is 6.54 Å². The number of anilines is 1. The van der Waals surface area contributed by atoms with E-state index >= 15 is 0 Å². The van der Waals surface area contributed by atoms with Crippen molar-refractivity contribution in [2.75, 3.05) is 11.4 Å². The summed E-state index contributed by atoms with van der Waals surface area (Å²) in [6, 6.07) is 5.83. The summed E-state index contributed by atoms with van der Waals surface area (Å²) >= 11 is 0. The van der Waals surface area contributed by atoms with E-state index in [4.69, 9.17) is 4.98 Å². The SMILES string of the molecule is Cc1nc(N2CC(C)CC(C)C2C)ccc1CNC1CC1. The number of aryl methyl sites for hydroxylation is 1. The molecule has 0 bridgehead atoms. The zero-order valence-electron chi connectivity index (χ0n) is 13.9. The monoisotopic (exact) mass is 287 g/mol. The first-order valence-electron chi connectivity index (χ1n) is 8.51. The van der Waals surface area contributed by atoms with E-state index in [9.17, 15) is 0 Å². The number of rotatable bonds is 4. The Bertz CT molecular complexity index is 495. The van der Waals surface area contributed by atoms with E-state index in [1.54, 1.807) is 0 Å². The van der Waals surface area contributed by atoms with Gasteiger partial charge in [-0.05, 0) is 56.6 Å². The Labute approximate surface area is 129 Å². The fraction of sp³-hybridized carbons (Fsp3) is 0.722. The molecule has 1 aromatic rings. The Morgan fingerprint density at radius 1 is 1.24 bits per heavy atom. The molecule has 0 spiro atoms. The van der Waals surface area contributed by atoms with Crippen molar-refractivity contribution in [3.63, 3.8) is 0 Å². The molecule has 3 nitrogen and oxygen atoms in total. The number of hydrogen-bond acceptors (Lipinski definition) is 3. The third kappa shape index (κ3) is 3.39. The van der Waals surface area contributed by atoms with Crippen LogP contribution >= 0.6 is 0 Å². The van der Waals surface area contributed by atoms with Gasteiger partial charge >= 0.3 is 0 Å². The molecule has 1 N–H and O–H groups in total. The summed E-state index contributed by atoms with van der Waals surface area (Å²) in [5, 5.41) is 3.58. The zero-order valence-corrected chi connectivity index (χ0v) is 13.9.